The highest BCUT2D eigenvalue weighted by Gasteiger charge is 2.46. The SMILES string of the molecule is CN1C(=O)CN2c3c(cccc31)[C@@H]1CN(C(=O)O)CC[C@@H]12. The van der Waals surface area contributed by atoms with Gasteiger partial charge in [-0.15, -0.1) is 0 Å². The summed E-state index contributed by atoms with van der Waals surface area (Å²) in [5.74, 6) is 0.269. The molecule has 1 aromatic rings. The first-order valence-corrected chi connectivity index (χ1v) is 7.22. The number of hydrogen-bond acceptors (Lipinski definition) is 3. The van der Waals surface area contributed by atoms with Gasteiger partial charge in [0.1, 0.15) is 0 Å². The van der Waals surface area contributed by atoms with E-state index in [1.165, 1.54) is 10.5 Å². The fraction of sp³-hybridized carbons (Fsp3) is 0.467. The van der Waals surface area contributed by atoms with Crippen LogP contribution in [0, 0.1) is 0 Å². The van der Waals surface area contributed by atoms with Crippen molar-refractivity contribution in [1.29, 1.82) is 0 Å². The monoisotopic (exact) mass is 287 g/mol. The first-order chi connectivity index (χ1) is 10.1. The number of anilines is 2. The number of carboxylic acid groups (broad SMARTS) is 1. The molecule has 0 aromatic heterocycles. The van der Waals surface area contributed by atoms with Crippen LogP contribution in [0.1, 0.15) is 17.9 Å². The highest BCUT2D eigenvalue weighted by Crippen LogP contribution is 2.50. The van der Waals surface area contributed by atoms with E-state index in [-0.39, 0.29) is 17.9 Å². The van der Waals surface area contributed by atoms with Gasteiger partial charge in [0.2, 0.25) is 5.91 Å². The predicted molar refractivity (Wildman–Crippen MR) is 77.9 cm³/mol. The van der Waals surface area contributed by atoms with E-state index in [0.29, 0.717) is 19.6 Å². The van der Waals surface area contributed by atoms with Crippen molar-refractivity contribution in [2.75, 3.05) is 36.5 Å². The second-order valence-electron chi connectivity index (χ2n) is 5.99. The molecular formula is C15H17N3O3. The van der Waals surface area contributed by atoms with Crippen molar-refractivity contribution < 1.29 is 14.7 Å². The van der Waals surface area contributed by atoms with Gasteiger partial charge in [-0.05, 0) is 18.1 Å². The van der Waals surface area contributed by atoms with E-state index in [4.69, 9.17) is 0 Å². The van der Waals surface area contributed by atoms with Crippen LogP contribution in [0.25, 0.3) is 0 Å². The van der Waals surface area contributed by atoms with Crippen LogP contribution in [0.15, 0.2) is 18.2 Å². The van der Waals surface area contributed by atoms with Crippen LogP contribution in [0.4, 0.5) is 16.2 Å². The number of carbonyl (C=O) groups is 2. The highest BCUT2D eigenvalue weighted by atomic mass is 16.4. The molecule has 21 heavy (non-hydrogen) atoms. The van der Waals surface area contributed by atoms with Crippen molar-refractivity contribution >= 4 is 23.4 Å². The number of likely N-dealkylation sites (tertiary alicyclic amines) is 1. The third-order valence-corrected chi connectivity index (χ3v) is 5.02. The summed E-state index contributed by atoms with van der Waals surface area (Å²) in [6.07, 6.45) is -0.0742. The van der Waals surface area contributed by atoms with Crippen molar-refractivity contribution in [3.8, 4) is 0 Å². The Morgan fingerprint density at radius 1 is 1.38 bits per heavy atom. The van der Waals surface area contributed by atoms with E-state index in [0.717, 1.165) is 17.8 Å². The summed E-state index contributed by atoms with van der Waals surface area (Å²) in [5, 5.41) is 9.23. The standard InChI is InChI=1S/C15H17N3O3/c1-16-12-4-2-3-9-10-7-17(15(20)21)6-5-11(10)18(14(9)12)8-13(16)19/h2-4,10-11H,5-8H2,1H3,(H,20,21)/t10-,11-/m0/s1. The zero-order valence-corrected chi connectivity index (χ0v) is 11.8. The van der Waals surface area contributed by atoms with Crippen molar-refractivity contribution in [2.24, 2.45) is 0 Å². The number of para-hydroxylation sites is 1. The topological polar surface area (TPSA) is 64.1 Å². The summed E-state index contributed by atoms with van der Waals surface area (Å²) >= 11 is 0. The minimum absolute atomic E-state index is 0.0981. The van der Waals surface area contributed by atoms with Gasteiger partial charge in [0, 0.05) is 32.1 Å². The Morgan fingerprint density at radius 3 is 2.95 bits per heavy atom. The number of piperidine rings is 1. The number of benzene rings is 1. The number of hydrogen-bond donors (Lipinski definition) is 1. The van der Waals surface area contributed by atoms with Crippen molar-refractivity contribution in [2.45, 2.75) is 18.4 Å². The van der Waals surface area contributed by atoms with Crippen LogP contribution < -0.4 is 9.80 Å². The van der Waals surface area contributed by atoms with E-state index in [9.17, 15) is 14.7 Å². The summed E-state index contributed by atoms with van der Waals surface area (Å²) in [7, 11) is 1.81. The second-order valence-corrected chi connectivity index (χ2v) is 5.99. The fourth-order valence-electron chi connectivity index (χ4n) is 3.97. The van der Waals surface area contributed by atoms with Gasteiger partial charge in [0.15, 0.2) is 0 Å². The van der Waals surface area contributed by atoms with E-state index >= 15 is 0 Å². The lowest BCUT2D eigenvalue weighted by molar-refractivity contribution is -0.117. The Labute approximate surface area is 122 Å². The van der Waals surface area contributed by atoms with Crippen LogP contribution in [0.3, 0.4) is 0 Å². The Kier molecular flexibility index (Phi) is 2.46. The highest BCUT2D eigenvalue weighted by molar-refractivity contribution is 6.04. The molecule has 6 heteroatoms. The molecule has 0 aliphatic carbocycles. The average molecular weight is 287 g/mol. The molecule has 110 valence electrons. The van der Waals surface area contributed by atoms with Gasteiger partial charge in [-0.25, -0.2) is 4.79 Å². The zero-order valence-electron chi connectivity index (χ0n) is 11.8. The molecule has 0 spiro atoms. The quantitative estimate of drug-likeness (QED) is 0.781. The van der Waals surface area contributed by atoms with Crippen LogP contribution >= 0.6 is 0 Å². The third-order valence-electron chi connectivity index (χ3n) is 5.02. The molecule has 6 nitrogen and oxygen atoms in total. The number of nitrogens with zero attached hydrogens (tertiary/aromatic N) is 3. The first kappa shape index (κ1) is 12.5. The summed E-state index contributed by atoms with van der Waals surface area (Å²) < 4.78 is 0. The zero-order chi connectivity index (χ0) is 14.7. The molecule has 1 fully saturated rings. The molecule has 1 saturated heterocycles. The van der Waals surface area contributed by atoms with Crippen molar-refractivity contribution in [1.82, 2.24) is 4.90 Å². The largest absolute Gasteiger partial charge is 0.465 e. The second kappa shape index (κ2) is 4.13. The molecule has 3 aliphatic heterocycles. The van der Waals surface area contributed by atoms with Crippen molar-refractivity contribution in [3.05, 3.63) is 23.8 Å². The molecule has 0 bridgehead atoms. The molecule has 1 aromatic carbocycles. The summed E-state index contributed by atoms with van der Waals surface area (Å²) in [4.78, 5) is 28.8. The van der Waals surface area contributed by atoms with Gasteiger partial charge in [0.05, 0.1) is 17.9 Å². The van der Waals surface area contributed by atoms with Gasteiger partial charge >= 0.3 is 6.09 Å². The molecule has 0 saturated carbocycles. The minimum atomic E-state index is -0.854. The smallest absolute Gasteiger partial charge is 0.407 e. The predicted octanol–water partition coefficient (Wildman–Crippen LogP) is 1.32. The van der Waals surface area contributed by atoms with E-state index in [1.807, 2.05) is 12.1 Å². The molecule has 0 unspecified atom stereocenters. The maximum atomic E-state index is 12.2. The number of rotatable bonds is 0. The minimum Gasteiger partial charge on any atom is -0.465 e. The molecule has 2 amide bonds. The Morgan fingerprint density at radius 2 is 2.19 bits per heavy atom. The van der Waals surface area contributed by atoms with Gasteiger partial charge in [-0.1, -0.05) is 12.1 Å². The summed E-state index contributed by atoms with van der Waals surface area (Å²) in [6.45, 7) is 1.46. The summed E-state index contributed by atoms with van der Waals surface area (Å²) in [5.41, 5.74) is 3.25. The van der Waals surface area contributed by atoms with Crippen molar-refractivity contribution in [3.63, 3.8) is 0 Å². The molecular weight excluding hydrogens is 270 g/mol. The Bertz CT molecular complexity index is 645. The third kappa shape index (κ3) is 1.58. The van der Waals surface area contributed by atoms with Gasteiger partial charge in [0.25, 0.3) is 0 Å². The van der Waals surface area contributed by atoms with E-state index in [1.54, 1.807) is 11.9 Å². The lowest BCUT2D eigenvalue weighted by Gasteiger charge is -2.40. The molecule has 1 N–H and O–H groups in total. The van der Waals surface area contributed by atoms with Crippen LogP contribution in [-0.2, 0) is 4.79 Å². The molecule has 3 aliphatic rings. The van der Waals surface area contributed by atoms with Crippen LogP contribution in [0.5, 0.6) is 0 Å². The number of amides is 2. The number of fused-ring (bicyclic) bond motifs is 3. The maximum absolute atomic E-state index is 12.2. The normalized spacial score (nSPS) is 26.7. The Hall–Kier alpha value is -2.24. The Balaban J connectivity index is 1.80. The first-order valence-electron chi connectivity index (χ1n) is 7.22. The maximum Gasteiger partial charge on any atom is 0.407 e. The average Bonchev–Trinajstić information content (AvgIpc) is 2.79. The lowest BCUT2D eigenvalue weighted by atomic mass is 9.89. The lowest BCUT2D eigenvalue weighted by Crippen LogP contribution is -2.51. The molecule has 2 atom stereocenters. The molecule has 4 rings (SSSR count). The molecule has 3 heterocycles. The fourth-order valence-corrected chi connectivity index (χ4v) is 3.97. The summed E-state index contributed by atoms with van der Waals surface area (Å²) in [6, 6.07) is 6.25. The van der Waals surface area contributed by atoms with Gasteiger partial charge in [-0.2, -0.15) is 0 Å². The molecule has 0 radical (unpaired) electrons. The van der Waals surface area contributed by atoms with E-state index < -0.39 is 6.09 Å². The van der Waals surface area contributed by atoms with Crippen LogP contribution in [0.2, 0.25) is 0 Å². The van der Waals surface area contributed by atoms with Gasteiger partial charge < -0.3 is 19.8 Å². The number of likely N-dealkylation sites (N-methyl/N-ethyl adjacent to an activating group) is 1. The van der Waals surface area contributed by atoms with E-state index in [2.05, 4.69) is 11.0 Å². The van der Waals surface area contributed by atoms with Gasteiger partial charge in [-0.3, -0.25) is 4.79 Å². The van der Waals surface area contributed by atoms with Crippen LogP contribution in [-0.4, -0.2) is 54.7 Å². The number of carbonyl (C=O) groups excluding carboxylic acids is 1.